The Labute approximate surface area is 155 Å². The molecule has 1 aromatic carbocycles. The molecule has 3 rings (SSSR count). The van der Waals surface area contributed by atoms with E-state index in [1.807, 2.05) is 0 Å². The maximum absolute atomic E-state index is 13.3. The quantitative estimate of drug-likeness (QED) is 0.716. The zero-order valence-electron chi connectivity index (χ0n) is 15.2. The number of rotatable bonds is 5. The van der Waals surface area contributed by atoms with Gasteiger partial charge >= 0.3 is 0 Å². The molecule has 0 unspecified atom stereocenters. The van der Waals surface area contributed by atoms with Crippen molar-refractivity contribution in [2.45, 2.75) is 32.2 Å². The molecule has 27 heavy (non-hydrogen) atoms. The van der Waals surface area contributed by atoms with E-state index in [0.717, 1.165) is 18.2 Å². The van der Waals surface area contributed by atoms with Gasteiger partial charge in [-0.1, -0.05) is 0 Å². The van der Waals surface area contributed by atoms with Gasteiger partial charge in [-0.15, -0.1) is 10.2 Å². The number of halogens is 2. The fourth-order valence-electron chi connectivity index (χ4n) is 2.86. The molecule has 0 radical (unpaired) electrons. The molecule has 0 saturated heterocycles. The monoisotopic (exact) mass is 396 g/mol. The first-order valence-corrected chi connectivity index (χ1v) is 9.49. The van der Waals surface area contributed by atoms with Crippen LogP contribution in [0.3, 0.4) is 0 Å². The van der Waals surface area contributed by atoms with E-state index in [-0.39, 0.29) is 22.9 Å². The van der Waals surface area contributed by atoms with Crippen molar-refractivity contribution in [3.63, 3.8) is 0 Å². The molecule has 0 saturated carbocycles. The number of hydrogen-bond acceptors (Lipinski definition) is 5. The summed E-state index contributed by atoms with van der Waals surface area (Å²) in [5, 5.41) is 7.68. The molecule has 2 heterocycles. The topological polar surface area (TPSA) is 90.0 Å². The highest BCUT2D eigenvalue weighted by molar-refractivity contribution is 7.89. The van der Waals surface area contributed by atoms with E-state index in [1.165, 1.54) is 0 Å². The molecule has 0 atom stereocenters. The van der Waals surface area contributed by atoms with Gasteiger partial charge in [-0.25, -0.2) is 21.9 Å². The molecule has 0 bridgehead atoms. The Hall–Kier alpha value is -2.59. The third kappa shape index (κ3) is 3.62. The second kappa shape index (κ2) is 6.86. The van der Waals surface area contributed by atoms with E-state index in [2.05, 4.69) is 14.9 Å². The first-order chi connectivity index (χ1) is 12.6. The fourth-order valence-corrected chi connectivity index (χ4v) is 4.39. The van der Waals surface area contributed by atoms with Crippen molar-refractivity contribution in [3.05, 3.63) is 52.7 Å². The molecule has 3 aromatic rings. The second-order valence-corrected chi connectivity index (χ2v) is 7.87. The number of hydrogen-bond donors (Lipinski definition) is 1. The number of aromatic nitrogens is 3. The summed E-state index contributed by atoms with van der Waals surface area (Å²) >= 11 is 0. The minimum absolute atomic E-state index is 0.0111. The van der Waals surface area contributed by atoms with Gasteiger partial charge in [0.25, 0.3) is 5.89 Å². The summed E-state index contributed by atoms with van der Waals surface area (Å²) in [6.07, 6.45) is 0. The highest BCUT2D eigenvalue weighted by Crippen LogP contribution is 2.34. The molecule has 0 aliphatic carbocycles. The van der Waals surface area contributed by atoms with Gasteiger partial charge in [0.2, 0.25) is 15.9 Å². The molecule has 144 valence electrons. The third-order valence-corrected chi connectivity index (χ3v) is 5.88. The number of nitrogens with zero attached hydrogens (tertiary/aromatic N) is 3. The van der Waals surface area contributed by atoms with Crippen LogP contribution in [0.5, 0.6) is 0 Å². The van der Waals surface area contributed by atoms with Crippen LogP contribution < -0.4 is 4.72 Å². The van der Waals surface area contributed by atoms with Gasteiger partial charge in [-0.3, -0.25) is 0 Å². The Morgan fingerprint density at radius 3 is 2.26 bits per heavy atom. The normalized spacial score (nSPS) is 11.9. The molecule has 0 aliphatic rings. The van der Waals surface area contributed by atoms with Crippen molar-refractivity contribution in [1.82, 2.24) is 19.5 Å². The fraction of sp³-hybridized carbons (Fsp3) is 0.294. The molecular formula is C17H18F2N4O3S. The molecule has 0 aliphatic heterocycles. The van der Waals surface area contributed by atoms with Gasteiger partial charge < -0.3 is 8.98 Å². The van der Waals surface area contributed by atoms with Crippen LogP contribution in [0.25, 0.3) is 11.5 Å². The van der Waals surface area contributed by atoms with Crippen LogP contribution in [0.4, 0.5) is 8.78 Å². The summed E-state index contributed by atoms with van der Waals surface area (Å²) in [7, 11) is -2.31. The first-order valence-electron chi connectivity index (χ1n) is 8.01. The largest absolute Gasteiger partial charge is 0.421 e. The van der Waals surface area contributed by atoms with Crippen molar-refractivity contribution < 1.29 is 21.6 Å². The van der Waals surface area contributed by atoms with Gasteiger partial charge in [-0.05, 0) is 31.5 Å². The van der Waals surface area contributed by atoms with Crippen LogP contribution in [0.2, 0.25) is 0 Å². The van der Waals surface area contributed by atoms with Crippen molar-refractivity contribution in [3.8, 4) is 11.5 Å². The summed E-state index contributed by atoms with van der Waals surface area (Å²) in [6.45, 7) is 4.72. The molecule has 10 heteroatoms. The van der Waals surface area contributed by atoms with Crippen LogP contribution >= 0.6 is 0 Å². The van der Waals surface area contributed by atoms with E-state index < -0.39 is 21.7 Å². The van der Waals surface area contributed by atoms with Crippen LogP contribution in [0, 0.1) is 32.4 Å². The van der Waals surface area contributed by atoms with E-state index >= 15 is 0 Å². The van der Waals surface area contributed by atoms with Gasteiger partial charge in [0.1, 0.15) is 16.5 Å². The molecule has 0 spiro atoms. The van der Waals surface area contributed by atoms with Crippen LogP contribution in [0.15, 0.2) is 27.5 Å². The van der Waals surface area contributed by atoms with Crippen LogP contribution in [-0.4, -0.2) is 23.2 Å². The van der Waals surface area contributed by atoms with Crippen molar-refractivity contribution in [2.24, 2.45) is 7.05 Å². The Kier molecular flexibility index (Phi) is 4.87. The SMILES string of the molecule is Cc1nnc(-c2c(S(=O)(=O)NCc3cc(F)cc(F)c3)c(C)n(C)c2C)o1. The minimum atomic E-state index is -4.03. The zero-order chi connectivity index (χ0) is 19.9. The summed E-state index contributed by atoms with van der Waals surface area (Å²) < 4.78 is 62.1. The Morgan fingerprint density at radius 2 is 1.70 bits per heavy atom. The molecular weight excluding hydrogens is 378 g/mol. The molecule has 0 fully saturated rings. The second-order valence-electron chi connectivity index (χ2n) is 6.16. The molecule has 0 amide bonds. The Bertz CT molecular complexity index is 1100. The maximum atomic E-state index is 13.3. The molecule has 2 aromatic heterocycles. The van der Waals surface area contributed by atoms with E-state index in [9.17, 15) is 17.2 Å². The average Bonchev–Trinajstić information content (AvgIpc) is 3.09. The average molecular weight is 396 g/mol. The Balaban J connectivity index is 2.03. The van der Waals surface area contributed by atoms with Gasteiger partial charge in [0, 0.05) is 38.0 Å². The van der Waals surface area contributed by atoms with Gasteiger partial charge in [0.15, 0.2) is 0 Å². The maximum Gasteiger partial charge on any atom is 0.250 e. The number of benzene rings is 1. The van der Waals surface area contributed by atoms with Crippen LogP contribution in [-0.2, 0) is 23.6 Å². The third-order valence-electron chi connectivity index (χ3n) is 4.32. The van der Waals surface area contributed by atoms with Crippen molar-refractivity contribution in [2.75, 3.05) is 0 Å². The summed E-state index contributed by atoms with van der Waals surface area (Å²) in [6, 6.07) is 2.85. The predicted octanol–water partition coefficient (Wildman–Crippen LogP) is 2.76. The highest BCUT2D eigenvalue weighted by Gasteiger charge is 2.30. The van der Waals surface area contributed by atoms with Crippen molar-refractivity contribution in [1.29, 1.82) is 0 Å². The van der Waals surface area contributed by atoms with Crippen LogP contribution in [0.1, 0.15) is 22.8 Å². The van der Waals surface area contributed by atoms with E-state index in [1.54, 1.807) is 32.4 Å². The van der Waals surface area contributed by atoms with Crippen molar-refractivity contribution >= 4 is 10.0 Å². The summed E-state index contributed by atoms with van der Waals surface area (Å²) in [4.78, 5) is -0.0111. The number of sulfonamides is 1. The standard InChI is InChI=1S/C17H18F2N4O3S/c1-9-15(17-22-21-11(3)26-17)16(10(2)23(9)4)27(24,25)20-8-12-5-13(18)7-14(19)6-12/h5-7,20H,8H2,1-4H3. The lowest BCUT2D eigenvalue weighted by molar-refractivity contribution is 0.530. The van der Waals surface area contributed by atoms with E-state index in [0.29, 0.717) is 22.8 Å². The number of aryl methyl sites for hydroxylation is 1. The molecule has 7 nitrogen and oxygen atoms in total. The van der Waals surface area contributed by atoms with Gasteiger partial charge in [0.05, 0.1) is 5.56 Å². The highest BCUT2D eigenvalue weighted by atomic mass is 32.2. The number of nitrogens with one attached hydrogen (secondary N) is 1. The lowest BCUT2D eigenvalue weighted by Gasteiger charge is -2.09. The summed E-state index contributed by atoms with van der Waals surface area (Å²) in [5.41, 5.74) is 1.56. The van der Waals surface area contributed by atoms with E-state index in [4.69, 9.17) is 4.42 Å². The van der Waals surface area contributed by atoms with Gasteiger partial charge in [-0.2, -0.15) is 0 Å². The minimum Gasteiger partial charge on any atom is -0.421 e. The lowest BCUT2D eigenvalue weighted by Crippen LogP contribution is -2.24. The zero-order valence-corrected chi connectivity index (χ0v) is 16.0. The Morgan fingerprint density at radius 1 is 1.07 bits per heavy atom. The summed E-state index contributed by atoms with van der Waals surface area (Å²) in [5.74, 6) is -1.17. The molecule has 1 N–H and O–H groups in total. The first kappa shape index (κ1) is 19.2. The predicted molar refractivity (Wildman–Crippen MR) is 93.3 cm³/mol. The lowest BCUT2D eigenvalue weighted by atomic mass is 10.2. The smallest absolute Gasteiger partial charge is 0.250 e.